The van der Waals surface area contributed by atoms with E-state index >= 15 is 0 Å². The lowest BCUT2D eigenvalue weighted by Gasteiger charge is -2.04. The minimum atomic E-state index is -0.422. The lowest BCUT2D eigenvalue weighted by Crippen LogP contribution is -2.07. The molecule has 70 valence electrons. The van der Waals surface area contributed by atoms with Crippen molar-refractivity contribution in [2.45, 2.75) is 13.3 Å². The topological polar surface area (TPSA) is 65.2 Å². The molecule has 0 aromatic carbocycles. The van der Waals surface area contributed by atoms with Crippen molar-refractivity contribution in [1.29, 1.82) is 0 Å². The summed E-state index contributed by atoms with van der Waals surface area (Å²) in [5, 5.41) is 0. The van der Waals surface area contributed by atoms with Gasteiger partial charge in [-0.2, -0.15) is 0 Å². The fraction of sp³-hybridized carbons (Fsp3) is 0.333. The lowest BCUT2D eigenvalue weighted by molar-refractivity contribution is 0.0601. The second kappa shape index (κ2) is 3.89. The Labute approximate surface area is 76.7 Å². The van der Waals surface area contributed by atoms with E-state index in [9.17, 15) is 4.79 Å². The first-order valence-corrected chi connectivity index (χ1v) is 4.01. The molecule has 0 aliphatic heterocycles. The number of pyridine rings is 1. The maximum Gasteiger partial charge on any atom is 0.340 e. The van der Waals surface area contributed by atoms with Gasteiger partial charge in [-0.1, -0.05) is 6.92 Å². The summed E-state index contributed by atoms with van der Waals surface area (Å²) in [6.07, 6.45) is 2.25. The minimum Gasteiger partial charge on any atom is -0.465 e. The number of nitrogen functional groups attached to an aromatic ring is 1. The first-order chi connectivity index (χ1) is 6.19. The average Bonchev–Trinajstić information content (AvgIpc) is 2.17. The van der Waals surface area contributed by atoms with Gasteiger partial charge in [0.2, 0.25) is 0 Å². The number of carbonyl (C=O) groups is 1. The molecule has 0 atom stereocenters. The van der Waals surface area contributed by atoms with Gasteiger partial charge in [-0.3, -0.25) is 4.98 Å². The van der Waals surface area contributed by atoms with Crippen LogP contribution >= 0.6 is 0 Å². The molecule has 2 N–H and O–H groups in total. The number of esters is 1. The Morgan fingerprint density at radius 3 is 2.92 bits per heavy atom. The summed E-state index contributed by atoms with van der Waals surface area (Å²) in [5.41, 5.74) is 7.12. The third-order valence-electron chi connectivity index (χ3n) is 1.76. The number of aromatic nitrogens is 1. The number of ether oxygens (including phenoxy) is 1. The number of hydrogen-bond donors (Lipinski definition) is 1. The summed E-state index contributed by atoms with van der Waals surface area (Å²) in [4.78, 5) is 15.2. The van der Waals surface area contributed by atoms with E-state index in [1.165, 1.54) is 13.3 Å². The second-order valence-electron chi connectivity index (χ2n) is 2.61. The molecule has 1 aromatic rings. The monoisotopic (exact) mass is 180 g/mol. The fourth-order valence-corrected chi connectivity index (χ4v) is 0.989. The van der Waals surface area contributed by atoms with Gasteiger partial charge in [0.1, 0.15) is 0 Å². The van der Waals surface area contributed by atoms with Gasteiger partial charge in [0.15, 0.2) is 0 Å². The molecule has 0 radical (unpaired) electrons. The van der Waals surface area contributed by atoms with Crippen molar-refractivity contribution in [3.8, 4) is 0 Å². The average molecular weight is 180 g/mol. The van der Waals surface area contributed by atoms with Crippen molar-refractivity contribution in [3.63, 3.8) is 0 Å². The summed E-state index contributed by atoms with van der Waals surface area (Å²) in [5.74, 6) is -0.422. The molecule has 0 aliphatic rings. The Bertz CT molecular complexity index is 323. The van der Waals surface area contributed by atoms with Gasteiger partial charge in [-0.15, -0.1) is 0 Å². The molecule has 1 heterocycles. The van der Waals surface area contributed by atoms with Crippen LogP contribution in [0.4, 0.5) is 5.69 Å². The minimum absolute atomic E-state index is 0.351. The first kappa shape index (κ1) is 9.51. The predicted molar refractivity (Wildman–Crippen MR) is 49.4 cm³/mol. The predicted octanol–water partition coefficient (Wildman–Crippen LogP) is 1.01. The zero-order chi connectivity index (χ0) is 9.84. The second-order valence-corrected chi connectivity index (χ2v) is 2.61. The van der Waals surface area contributed by atoms with Crippen LogP contribution in [0.3, 0.4) is 0 Å². The standard InChI is InChI=1S/C9H12N2O2/c1-3-6-4-7(9(12)13-2)8(10)5-11-6/h4-5H,3,10H2,1-2H3. The van der Waals surface area contributed by atoms with Gasteiger partial charge in [-0.25, -0.2) is 4.79 Å². The van der Waals surface area contributed by atoms with Crippen LogP contribution in [-0.2, 0) is 11.2 Å². The number of nitrogens with zero attached hydrogens (tertiary/aromatic N) is 1. The van der Waals surface area contributed by atoms with Crippen LogP contribution in [0.15, 0.2) is 12.3 Å². The van der Waals surface area contributed by atoms with Gasteiger partial charge in [0, 0.05) is 5.69 Å². The molecule has 0 saturated carbocycles. The molecule has 0 unspecified atom stereocenters. The summed E-state index contributed by atoms with van der Waals surface area (Å²) in [7, 11) is 1.33. The van der Waals surface area contributed by atoms with Crippen molar-refractivity contribution < 1.29 is 9.53 Å². The number of aryl methyl sites for hydroxylation is 1. The molecule has 13 heavy (non-hydrogen) atoms. The van der Waals surface area contributed by atoms with Crippen LogP contribution in [-0.4, -0.2) is 18.1 Å². The molecule has 4 nitrogen and oxygen atoms in total. The molecule has 0 amide bonds. The smallest absolute Gasteiger partial charge is 0.340 e. The van der Waals surface area contributed by atoms with Crippen LogP contribution in [0.1, 0.15) is 23.0 Å². The van der Waals surface area contributed by atoms with Crippen LogP contribution < -0.4 is 5.73 Å². The highest BCUT2D eigenvalue weighted by Crippen LogP contribution is 2.12. The molecule has 1 rings (SSSR count). The molecule has 0 fully saturated rings. The Morgan fingerprint density at radius 2 is 2.38 bits per heavy atom. The number of nitrogens with two attached hydrogens (primary N) is 1. The number of anilines is 1. The molecular formula is C9H12N2O2. The van der Waals surface area contributed by atoms with Gasteiger partial charge in [0.05, 0.1) is 24.6 Å². The highest BCUT2D eigenvalue weighted by molar-refractivity contribution is 5.94. The van der Waals surface area contributed by atoms with Crippen LogP contribution in [0.2, 0.25) is 0 Å². The Hall–Kier alpha value is -1.58. The summed E-state index contributed by atoms with van der Waals surface area (Å²) in [6, 6.07) is 1.65. The quantitative estimate of drug-likeness (QED) is 0.690. The highest BCUT2D eigenvalue weighted by Gasteiger charge is 2.10. The lowest BCUT2D eigenvalue weighted by atomic mass is 10.2. The van der Waals surface area contributed by atoms with Gasteiger partial charge < -0.3 is 10.5 Å². The maximum atomic E-state index is 11.2. The van der Waals surface area contributed by atoms with Crippen LogP contribution in [0, 0.1) is 0 Å². The largest absolute Gasteiger partial charge is 0.465 e. The molecule has 0 saturated heterocycles. The Morgan fingerprint density at radius 1 is 1.69 bits per heavy atom. The number of methoxy groups -OCH3 is 1. The highest BCUT2D eigenvalue weighted by atomic mass is 16.5. The summed E-state index contributed by atoms with van der Waals surface area (Å²) in [6.45, 7) is 1.96. The first-order valence-electron chi connectivity index (χ1n) is 4.01. The third kappa shape index (κ3) is 1.96. The Balaban J connectivity index is 3.11. The zero-order valence-electron chi connectivity index (χ0n) is 7.70. The number of hydrogen-bond acceptors (Lipinski definition) is 4. The van der Waals surface area contributed by atoms with E-state index in [1.807, 2.05) is 6.92 Å². The van der Waals surface area contributed by atoms with Gasteiger partial charge in [0.25, 0.3) is 0 Å². The Kier molecular flexibility index (Phi) is 2.84. The fourth-order valence-electron chi connectivity index (χ4n) is 0.989. The van der Waals surface area contributed by atoms with E-state index in [0.29, 0.717) is 11.3 Å². The van der Waals surface area contributed by atoms with E-state index < -0.39 is 5.97 Å². The maximum absolute atomic E-state index is 11.2. The summed E-state index contributed by atoms with van der Waals surface area (Å²) < 4.78 is 4.57. The van der Waals surface area contributed by atoms with E-state index in [-0.39, 0.29) is 0 Å². The van der Waals surface area contributed by atoms with Crippen LogP contribution in [0.5, 0.6) is 0 Å². The SMILES string of the molecule is CCc1cc(C(=O)OC)c(N)cn1. The van der Waals surface area contributed by atoms with E-state index in [2.05, 4.69) is 9.72 Å². The zero-order valence-corrected chi connectivity index (χ0v) is 7.70. The van der Waals surface area contributed by atoms with Crippen molar-refractivity contribution in [2.24, 2.45) is 0 Å². The molecule has 1 aromatic heterocycles. The normalized spacial score (nSPS) is 9.69. The molecule has 4 heteroatoms. The molecule has 0 bridgehead atoms. The van der Waals surface area contributed by atoms with Gasteiger partial charge in [-0.05, 0) is 12.5 Å². The van der Waals surface area contributed by atoms with Crippen molar-refractivity contribution in [2.75, 3.05) is 12.8 Å². The van der Waals surface area contributed by atoms with E-state index in [1.54, 1.807) is 6.07 Å². The van der Waals surface area contributed by atoms with Crippen molar-refractivity contribution >= 4 is 11.7 Å². The van der Waals surface area contributed by atoms with Gasteiger partial charge >= 0.3 is 5.97 Å². The third-order valence-corrected chi connectivity index (χ3v) is 1.76. The van der Waals surface area contributed by atoms with E-state index in [0.717, 1.165) is 12.1 Å². The van der Waals surface area contributed by atoms with E-state index in [4.69, 9.17) is 5.73 Å². The molecular weight excluding hydrogens is 168 g/mol. The van der Waals surface area contributed by atoms with Crippen LogP contribution in [0.25, 0.3) is 0 Å². The molecule has 0 spiro atoms. The van der Waals surface area contributed by atoms with Crippen molar-refractivity contribution in [3.05, 3.63) is 23.5 Å². The van der Waals surface area contributed by atoms with Crippen molar-refractivity contribution in [1.82, 2.24) is 4.98 Å². The summed E-state index contributed by atoms with van der Waals surface area (Å²) >= 11 is 0. The molecule has 0 aliphatic carbocycles. The number of carbonyl (C=O) groups excluding carboxylic acids is 1. The number of rotatable bonds is 2.